The fraction of sp³-hybridized carbons (Fsp3) is 0.125. The molecule has 0 bridgehead atoms. The van der Waals surface area contributed by atoms with Crippen molar-refractivity contribution in [2.75, 3.05) is 0 Å². The highest BCUT2D eigenvalue weighted by Crippen LogP contribution is 2.40. The molecule has 3 rings (SSSR count). The van der Waals surface area contributed by atoms with Gasteiger partial charge < -0.3 is 0 Å². The Balaban J connectivity index is 2.30. The van der Waals surface area contributed by atoms with Crippen molar-refractivity contribution in [1.29, 1.82) is 0 Å². The number of aryl methyl sites for hydroxylation is 2. The van der Waals surface area contributed by atoms with Crippen molar-refractivity contribution in [1.82, 2.24) is 4.98 Å². The van der Waals surface area contributed by atoms with Gasteiger partial charge in [-0.15, -0.1) is 11.3 Å². The smallest absolute Gasteiger partial charge is 0.203 e. The largest absolute Gasteiger partial charge is 0.288 e. The van der Waals surface area contributed by atoms with Crippen LogP contribution in [0.4, 0.5) is 5.69 Å². The van der Waals surface area contributed by atoms with Gasteiger partial charge in [0.05, 0.1) is 10.6 Å². The molecule has 0 radical (unpaired) electrons. The summed E-state index contributed by atoms with van der Waals surface area (Å²) in [5, 5.41) is 4.52. The predicted octanol–water partition coefficient (Wildman–Crippen LogP) is 5.09. The highest BCUT2D eigenvalue weighted by molar-refractivity contribution is 7.21. The number of benzene rings is 1. The van der Waals surface area contributed by atoms with Gasteiger partial charge >= 0.3 is 0 Å². The Hall–Kier alpha value is -2.69. The third-order valence-corrected chi connectivity index (χ3v) is 4.42. The third kappa shape index (κ3) is 2.35. The second-order valence-electron chi connectivity index (χ2n) is 4.93. The van der Waals surface area contributed by atoms with Gasteiger partial charge in [-0.3, -0.25) is 4.79 Å². The first kappa shape index (κ1) is 14.3. The fourth-order valence-electron chi connectivity index (χ4n) is 2.44. The zero-order valence-electron chi connectivity index (χ0n) is 12.1. The summed E-state index contributed by atoms with van der Waals surface area (Å²) in [4.78, 5) is 21.2. The van der Waals surface area contributed by atoms with Crippen LogP contribution in [0, 0.1) is 13.8 Å². The number of hydrogen-bond donors (Lipinski definition) is 0. The molecule has 1 aromatic carbocycles. The number of carbonyl (C=O) groups is 1. The van der Waals surface area contributed by atoms with E-state index in [0.717, 1.165) is 21.5 Å². The van der Waals surface area contributed by atoms with Crippen LogP contribution in [-0.4, -0.2) is 10.8 Å². The molecule has 0 fully saturated rings. The van der Waals surface area contributed by atoms with Crippen LogP contribution in [0.5, 0.6) is 0 Å². The summed E-state index contributed by atoms with van der Waals surface area (Å²) in [6.45, 7) is 3.83. The summed E-state index contributed by atoms with van der Waals surface area (Å²) in [7, 11) is 0. The molecular formula is C16H12N4OS. The second kappa shape index (κ2) is 5.60. The van der Waals surface area contributed by atoms with Crippen LogP contribution in [-0.2, 0) is 0 Å². The van der Waals surface area contributed by atoms with E-state index in [0.29, 0.717) is 16.1 Å². The van der Waals surface area contributed by atoms with Crippen molar-refractivity contribution in [3.8, 4) is 0 Å². The van der Waals surface area contributed by atoms with Crippen LogP contribution < -0.4 is 0 Å². The average molecular weight is 308 g/mol. The molecule has 108 valence electrons. The zero-order chi connectivity index (χ0) is 15.7. The van der Waals surface area contributed by atoms with Crippen LogP contribution in [0.2, 0.25) is 0 Å². The molecule has 2 aromatic heterocycles. The van der Waals surface area contributed by atoms with Crippen molar-refractivity contribution < 1.29 is 4.79 Å². The number of rotatable bonds is 3. The van der Waals surface area contributed by atoms with Crippen molar-refractivity contribution in [3.63, 3.8) is 0 Å². The first-order valence-corrected chi connectivity index (χ1v) is 7.49. The number of thiophene rings is 1. The lowest BCUT2D eigenvalue weighted by Gasteiger charge is -2.01. The average Bonchev–Trinajstić information content (AvgIpc) is 2.86. The van der Waals surface area contributed by atoms with E-state index in [2.05, 4.69) is 15.0 Å². The highest BCUT2D eigenvalue weighted by Gasteiger charge is 2.21. The number of hydrogen-bond acceptors (Lipinski definition) is 4. The molecule has 0 saturated heterocycles. The topological polar surface area (TPSA) is 78.7 Å². The number of fused-ring (bicyclic) bond motifs is 1. The number of azide groups is 1. The Kier molecular flexibility index (Phi) is 3.63. The summed E-state index contributed by atoms with van der Waals surface area (Å²) in [6.07, 6.45) is 0. The van der Waals surface area contributed by atoms with Gasteiger partial charge in [-0.2, -0.15) is 0 Å². The SMILES string of the molecule is Cc1cc(C)c2c(N=[N+]=[N-])c(C(=O)c3ccccc3)sc2n1. The van der Waals surface area contributed by atoms with Gasteiger partial charge in [-0.05, 0) is 31.0 Å². The Morgan fingerprint density at radius 2 is 2.00 bits per heavy atom. The molecule has 0 aliphatic rings. The molecule has 0 saturated carbocycles. The van der Waals surface area contributed by atoms with Crippen LogP contribution in [0.25, 0.3) is 20.7 Å². The molecule has 3 aromatic rings. The van der Waals surface area contributed by atoms with Crippen LogP contribution >= 0.6 is 11.3 Å². The molecular weight excluding hydrogens is 296 g/mol. The summed E-state index contributed by atoms with van der Waals surface area (Å²) in [6, 6.07) is 10.9. The van der Waals surface area contributed by atoms with E-state index in [1.165, 1.54) is 11.3 Å². The summed E-state index contributed by atoms with van der Waals surface area (Å²) >= 11 is 1.27. The predicted molar refractivity (Wildman–Crippen MR) is 87.8 cm³/mol. The van der Waals surface area contributed by atoms with E-state index in [4.69, 9.17) is 5.53 Å². The van der Waals surface area contributed by atoms with E-state index in [9.17, 15) is 4.79 Å². The van der Waals surface area contributed by atoms with E-state index < -0.39 is 0 Å². The van der Waals surface area contributed by atoms with Crippen LogP contribution in [0.15, 0.2) is 41.5 Å². The lowest BCUT2D eigenvalue weighted by atomic mass is 10.1. The molecule has 6 heteroatoms. The maximum absolute atomic E-state index is 12.7. The fourth-order valence-corrected chi connectivity index (χ4v) is 3.63. The van der Waals surface area contributed by atoms with Gasteiger partial charge in [-0.25, -0.2) is 4.98 Å². The second-order valence-corrected chi connectivity index (χ2v) is 5.92. The minimum Gasteiger partial charge on any atom is -0.288 e. The lowest BCUT2D eigenvalue weighted by molar-refractivity contribution is 0.104. The zero-order valence-corrected chi connectivity index (χ0v) is 12.9. The number of carbonyl (C=O) groups excluding carboxylic acids is 1. The molecule has 0 unspecified atom stereocenters. The summed E-state index contributed by atoms with van der Waals surface area (Å²) in [5.41, 5.74) is 11.6. The standard InChI is InChI=1S/C16H12N4OS/c1-9-8-10(2)18-16-12(9)13(19-20-17)15(22-16)14(21)11-6-4-3-5-7-11/h3-8H,1-2H3. The van der Waals surface area contributed by atoms with Crippen LogP contribution in [0.3, 0.4) is 0 Å². The lowest BCUT2D eigenvalue weighted by Crippen LogP contribution is -1.98. The summed E-state index contributed by atoms with van der Waals surface area (Å²) in [5.74, 6) is -0.150. The third-order valence-electron chi connectivity index (χ3n) is 3.35. The monoisotopic (exact) mass is 308 g/mol. The summed E-state index contributed by atoms with van der Waals surface area (Å²) < 4.78 is 0. The number of aromatic nitrogens is 1. The van der Waals surface area contributed by atoms with E-state index in [1.807, 2.05) is 26.0 Å². The molecule has 0 aliphatic carbocycles. The van der Waals surface area contributed by atoms with Gasteiger partial charge in [0.1, 0.15) is 4.83 Å². The Labute approximate surface area is 130 Å². The Bertz CT molecular complexity index is 924. The number of ketones is 1. The van der Waals surface area contributed by atoms with Crippen molar-refractivity contribution in [2.45, 2.75) is 13.8 Å². The molecule has 0 spiro atoms. The minimum absolute atomic E-state index is 0.150. The highest BCUT2D eigenvalue weighted by atomic mass is 32.1. The number of nitrogens with zero attached hydrogens (tertiary/aromatic N) is 4. The van der Waals surface area contributed by atoms with Gasteiger partial charge in [0, 0.05) is 21.6 Å². The molecule has 0 atom stereocenters. The maximum Gasteiger partial charge on any atom is 0.203 e. The van der Waals surface area contributed by atoms with Gasteiger partial charge in [0.15, 0.2) is 0 Å². The van der Waals surface area contributed by atoms with Gasteiger partial charge in [0.25, 0.3) is 0 Å². The first-order chi connectivity index (χ1) is 10.6. The first-order valence-electron chi connectivity index (χ1n) is 6.67. The Morgan fingerprint density at radius 1 is 1.27 bits per heavy atom. The molecule has 0 N–H and O–H groups in total. The molecule has 22 heavy (non-hydrogen) atoms. The quantitative estimate of drug-likeness (QED) is 0.292. The van der Waals surface area contributed by atoms with E-state index in [1.54, 1.807) is 24.3 Å². The molecule has 0 aliphatic heterocycles. The van der Waals surface area contributed by atoms with E-state index in [-0.39, 0.29) is 5.78 Å². The van der Waals surface area contributed by atoms with E-state index >= 15 is 0 Å². The maximum atomic E-state index is 12.7. The molecule has 5 nitrogen and oxygen atoms in total. The number of pyridine rings is 1. The van der Waals surface area contributed by atoms with Gasteiger partial charge in [-0.1, -0.05) is 35.4 Å². The normalized spacial score (nSPS) is 10.5. The van der Waals surface area contributed by atoms with Crippen molar-refractivity contribution in [2.24, 2.45) is 5.11 Å². The molecule has 0 amide bonds. The Morgan fingerprint density at radius 3 is 2.68 bits per heavy atom. The minimum atomic E-state index is -0.150. The van der Waals surface area contributed by atoms with Crippen molar-refractivity contribution >= 4 is 33.0 Å². The van der Waals surface area contributed by atoms with Crippen LogP contribution in [0.1, 0.15) is 26.5 Å². The van der Waals surface area contributed by atoms with Crippen molar-refractivity contribution in [3.05, 3.63) is 68.5 Å². The molecule has 2 heterocycles. The van der Waals surface area contributed by atoms with Gasteiger partial charge in [0.2, 0.25) is 5.78 Å².